The van der Waals surface area contributed by atoms with Crippen LogP contribution in [-0.2, 0) is 6.54 Å². The van der Waals surface area contributed by atoms with Crippen molar-refractivity contribution in [1.29, 1.82) is 0 Å². The number of carbonyl (C=O) groups excluding carboxylic acids is 1. The third kappa shape index (κ3) is 2.65. The van der Waals surface area contributed by atoms with Crippen LogP contribution < -0.4 is 0 Å². The predicted octanol–water partition coefficient (Wildman–Crippen LogP) is 5.27. The highest BCUT2D eigenvalue weighted by Gasteiger charge is 2.32. The molecule has 0 radical (unpaired) electrons. The molecule has 2 nitrogen and oxygen atoms in total. The Bertz CT molecular complexity index is 742. The van der Waals surface area contributed by atoms with Gasteiger partial charge in [0.05, 0.1) is 16.1 Å². The highest BCUT2D eigenvalue weighted by atomic mass is 35.5. The first-order valence-corrected chi connectivity index (χ1v) is 7.82. The van der Waals surface area contributed by atoms with Gasteiger partial charge in [0.2, 0.25) is 0 Å². The maximum atomic E-state index is 12.7. The summed E-state index contributed by atoms with van der Waals surface area (Å²) in [6.07, 6.45) is 2.49. The number of hydrogen-bond acceptors (Lipinski definition) is 1. The van der Waals surface area contributed by atoms with Crippen LogP contribution >= 0.6 is 23.2 Å². The second-order valence-corrected chi connectivity index (χ2v) is 6.12. The number of fused-ring (bicyclic) bond motifs is 1. The molecule has 3 rings (SSSR count). The van der Waals surface area contributed by atoms with Crippen molar-refractivity contribution < 1.29 is 4.79 Å². The molecule has 2 aromatic carbocycles. The Balaban J connectivity index is 1.97. The Morgan fingerprint density at radius 3 is 2.64 bits per heavy atom. The van der Waals surface area contributed by atoms with Crippen LogP contribution in [0.4, 0.5) is 0 Å². The van der Waals surface area contributed by atoms with Crippen molar-refractivity contribution in [1.82, 2.24) is 4.90 Å². The van der Waals surface area contributed by atoms with Crippen molar-refractivity contribution in [2.75, 3.05) is 0 Å². The Hall–Kier alpha value is -1.77. The molecule has 0 aliphatic carbocycles. The lowest BCUT2D eigenvalue weighted by Crippen LogP contribution is -2.29. The smallest absolute Gasteiger partial charge is 0.255 e. The lowest BCUT2D eigenvalue weighted by atomic mass is 10.0. The van der Waals surface area contributed by atoms with Gasteiger partial charge in [-0.3, -0.25) is 4.79 Å². The molecule has 1 amide bonds. The van der Waals surface area contributed by atoms with Gasteiger partial charge in [-0.15, -0.1) is 6.58 Å². The number of benzene rings is 2. The summed E-state index contributed by atoms with van der Waals surface area (Å²) >= 11 is 12.1. The Morgan fingerprint density at radius 2 is 1.95 bits per heavy atom. The SMILES string of the molecule is C=CCC(c1ccc(Cl)c(Cl)c1)N1Cc2ccccc2C1=O. The van der Waals surface area contributed by atoms with E-state index in [2.05, 4.69) is 6.58 Å². The zero-order chi connectivity index (χ0) is 15.7. The van der Waals surface area contributed by atoms with E-state index >= 15 is 0 Å². The Kier molecular flexibility index (Phi) is 4.23. The maximum Gasteiger partial charge on any atom is 0.255 e. The largest absolute Gasteiger partial charge is 0.327 e. The Morgan fingerprint density at radius 1 is 1.18 bits per heavy atom. The summed E-state index contributed by atoms with van der Waals surface area (Å²) in [6, 6.07) is 13.1. The lowest BCUT2D eigenvalue weighted by molar-refractivity contribution is 0.0702. The first-order chi connectivity index (χ1) is 10.6. The van der Waals surface area contributed by atoms with Gasteiger partial charge in [0.15, 0.2) is 0 Å². The molecule has 1 aliphatic rings. The monoisotopic (exact) mass is 331 g/mol. The van der Waals surface area contributed by atoms with E-state index in [9.17, 15) is 4.79 Å². The van der Waals surface area contributed by atoms with E-state index in [1.54, 1.807) is 6.07 Å². The zero-order valence-electron chi connectivity index (χ0n) is 11.9. The molecule has 1 atom stereocenters. The van der Waals surface area contributed by atoms with Crippen LogP contribution in [0.5, 0.6) is 0 Å². The predicted molar refractivity (Wildman–Crippen MR) is 90.3 cm³/mol. The van der Waals surface area contributed by atoms with Crippen molar-refractivity contribution in [3.05, 3.63) is 81.9 Å². The number of halogens is 2. The van der Waals surface area contributed by atoms with Gasteiger partial charge >= 0.3 is 0 Å². The van der Waals surface area contributed by atoms with Crippen LogP contribution in [0.25, 0.3) is 0 Å². The average Bonchev–Trinajstić information content (AvgIpc) is 2.85. The number of rotatable bonds is 4. The number of nitrogens with zero attached hydrogens (tertiary/aromatic N) is 1. The highest BCUT2D eigenvalue weighted by Crippen LogP contribution is 2.35. The third-order valence-corrected chi connectivity index (χ3v) is 4.68. The van der Waals surface area contributed by atoms with E-state index in [0.29, 0.717) is 23.0 Å². The highest BCUT2D eigenvalue weighted by molar-refractivity contribution is 6.42. The fraction of sp³-hybridized carbons (Fsp3) is 0.167. The minimum atomic E-state index is -0.0906. The molecule has 0 spiro atoms. The number of amides is 1. The molecule has 0 aromatic heterocycles. The van der Waals surface area contributed by atoms with Crippen LogP contribution in [0.2, 0.25) is 10.0 Å². The van der Waals surface area contributed by atoms with E-state index < -0.39 is 0 Å². The number of hydrogen-bond donors (Lipinski definition) is 0. The average molecular weight is 332 g/mol. The standard InChI is InChI=1S/C18H15Cl2NO/c1-2-5-17(12-8-9-15(19)16(20)10-12)21-11-13-6-3-4-7-14(13)18(21)22/h2-4,6-10,17H,1,5,11H2. The summed E-state index contributed by atoms with van der Waals surface area (Å²) in [5, 5.41) is 1.01. The summed E-state index contributed by atoms with van der Waals surface area (Å²) < 4.78 is 0. The minimum absolute atomic E-state index is 0.0496. The molecule has 22 heavy (non-hydrogen) atoms. The summed E-state index contributed by atoms with van der Waals surface area (Å²) in [4.78, 5) is 14.5. The molecular formula is C18H15Cl2NO. The molecule has 0 N–H and O–H groups in total. The van der Waals surface area contributed by atoms with E-state index in [0.717, 1.165) is 16.7 Å². The fourth-order valence-corrected chi connectivity index (χ4v) is 3.16. The van der Waals surface area contributed by atoms with Gasteiger partial charge in [-0.05, 0) is 35.7 Å². The third-order valence-electron chi connectivity index (χ3n) is 3.94. The molecule has 2 aromatic rings. The quantitative estimate of drug-likeness (QED) is 0.699. The topological polar surface area (TPSA) is 20.3 Å². The van der Waals surface area contributed by atoms with Gasteiger partial charge in [0.1, 0.15) is 0 Å². The van der Waals surface area contributed by atoms with Gasteiger partial charge in [-0.25, -0.2) is 0 Å². The second-order valence-electron chi connectivity index (χ2n) is 5.30. The second kappa shape index (κ2) is 6.15. The van der Waals surface area contributed by atoms with E-state index in [4.69, 9.17) is 23.2 Å². The van der Waals surface area contributed by atoms with Crippen LogP contribution in [-0.4, -0.2) is 10.8 Å². The molecule has 4 heteroatoms. The molecule has 0 saturated heterocycles. The molecule has 0 saturated carbocycles. The Labute approximate surface area is 140 Å². The summed E-state index contributed by atoms with van der Waals surface area (Å²) in [6.45, 7) is 4.42. The fourth-order valence-electron chi connectivity index (χ4n) is 2.85. The van der Waals surface area contributed by atoms with Crippen LogP contribution in [0.1, 0.15) is 33.9 Å². The van der Waals surface area contributed by atoms with Crippen LogP contribution in [0, 0.1) is 0 Å². The van der Waals surface area contributed by atoms with E-state index in [-0.39, 0.29) is 11.9 Å². The molecule has 0 bridgehead atoms. The molecule has 0 fully saturated rings. The van der Waals surface area contributed by atoms with Crippen molar-refractivity contribution in [2.45, 2.75) is 19.0 Å². The van der Waals surface area contributed by atoms with Gasteiger partial charge in [-0.2, -0.15) is 0 Å². The van der Waals surface area contributed by atoms with Gasteiger partial charge in [0.25, 0.3) is 5.91 Å². The molecular weight excluding hydrogens is 317 g/mol. The summed E-state index contributed by atoms with van der Waals surface area (Å²) in [5.74, 6) is 0.0496. The van der Waals surface area contributed by atoms with E-state index in [1.165, 1.54) is 0 Å². The normalized spacial score (nSPS) is 14.8. The number of carbonyl (C=O) groups is 1. The van der Waals surface area contributed by atoms with Gasteiger partial charge in [0, 0.05) is 12.1 Å². The van der Waals surface area contributed by atoms with Crippen molar-refractivity contribution in [2.24, 2.45) is 0 Å². The zero-order valence-corrected chi connectivity index (χ0v) is 13.4. The van der Waals surface area contributed by atoms with Crippen molar-refractivity contribution in [3.8, 4) is 0 Å². The van der Waals surface area contributed by atoms with E-state index in [1.807, 2.05) is 47.4 Å². The molecule has 1 aliphatic heterocycles. The molecule has 1 unspecified atom stereocenters. The van der Waals surface area contributed by atoms with Gasteiger partial charge < -0.3 is 4.90 Å². The summed E-state index contributed by atoms with van der Waals surface area (Å²) in [5.41, 5.74) is 2.80. The van der Waals surface area contributed by atoms with Crippen LogP contribution in [0.15, 0.2) is 55.1 Å². The molecule has 1 heterocycles. The first-order valence-electron chi connectivity index (χ1n) is 7.06. The van der Waals surface area contributed by atoms with Crippen LogP contribution in [0.3, 0.4) is 0 Å². The van der Waals surface area contributed by atoms with Gasteiger partial charge in [-0.1, -0.05) is 53.5 Å². The minimum Gasteiger partial charge on any atom is -0.327 e. The molecule has 112 valence electrons. The van der Waals surface area contributed by atoms with Crippen molar-refractivity contribution >= 4 is 29.1 Å². The van der Waals surface area contributed by atoms with Crippen molar-refractivity contribution in [3.63, 3.8) is 0 Å². The lowest BCUT2D eigenvalue weighted by Gasteiger charge is -2.27. The first kappa shape index (κ1) is 15.1. The maximum absolute atomic E-state index is 12.7. The summed E-state index contributed by atoms with van der Waals surface area (Å²) in [7, 11) is 0.